The van der Waals surface area contributed by atoms with E-state index in [0.29, 0.717) is 16.7 Å². The van der Waals surface area contributed by atoms with E-state index in [4.69, 9.17) is 10.3 Å². The lowest BCUT2D eigenvalue weighted by molar-refractivity contribution is -0.148. The molecule has 9 nitrogen and oxygen atoms in total. The van der Waals surface area contributed by atoms with Crippen molar-refractivity contribution in [1.29, 1.82) is 0 Å². The third kappa shape index (κ3) is 5.12. The van der Waals surface area contributed by atoms with Crippen molar-refractivity contribution in [1.82, 2.24) is 15.7 Å². The van der Waals surface area contributed by atoms with Gasteiger partial charge in [-0.3, -0.25) is 19.6 Å². The molecule has 0 heterocycles. The molecule has 2 rings (SSSR count). The minimum Gasteiger partial charge on any atom is -0.393 e. The molecule has 2 atom stereocenters. The van der Waals surface area contributed by atoms with Crippen LogP contribution in [-0.4, -0.2) is 64.3 Å². The highest BCUT2D eigenvalue weighted by molar-refractivity contribution is 6.12. The van der Waals surface area contributed by atoms with E-state index in [1.54, 1.807) is 36.4 Å². The maximum atomic E-state index is 12.8. The van der Waals surface area contributed by atoms with Crippen LogP contribution >= 0.6 is 0 Å². The zero-order valence-electron chi connectivity index (χ0n) is 17.9. The second-order valence-corrected chi connectivity index (χ2v) is 7.10. The molecular weight excluding hydrogens is 414 g/mol. The molecular formula is C23H25N3O6. The number of hydroxylamine groups is 1. The van der Waals surface area contributed by atoms with Gasteiger partial charge in [0.25, 0.3) is 17.7 Å². The van der Waals surface area contributed by atoms with Crippen molar-refractivity contribution in [2.24, 2.45) is 0 Å². The molecule has 0 fully saturated rings. The van der Waals surface area contributed by atoms with Crippen LogP contribution in [0.2, 0.25) is 0 Å². The predicted molar refractivity (Wildman–Crippen MR) is 115 cm³/mol. The minimum absolute atomic E-state index is 0.223. The lowest BCUT2D eigenvalue weighted by Crippen LogP contribution is -2.64. The van der Waals surface area contributed by atoms with Gasteiger partial charge in [-0.05, 0) is 48.9 Å². The van der Waals surface area contributed by atoms with E-state index in [0.717, 1.165) is 4.90 Å². The summed E-state index contributed by atoms with van der Waals surface area (Å²) < 4.78 is 0. The van der Waals surface area contributed by atoms with Crippen molar-refractivity contribution in [3.05, 3.63) is 70.8 Å². The van der Waals surface area contributed by atoms with Gasteiger partial charge >= 0.3 is 0 Å². The van der Waals surface area contributed by atoms with Gasteiger partial charge in [-0.1, -0.05) is 24.0 Å². The fourth-order valence-corrected chi connectivity index (χ4v) is 2.89. The summed E-state index contributed by atoms with van der Waals surface area (Å²) in [4.78, 5) is 38.1. The number of amides is 3. The van der Waals surface area contributed by atoms with Gasteiger partial charge in [0.15, 0.2) is 5.54 Å². The highest BCUT2D eigenvalue weighted by atomic mass is 16.5. The third-order valence-corrected chi connectivity index (χ3v) is 5.14. The Kier molecular flexibility index (Phi) is 8.09. The smallest absolute Gasteiger partial charge is 0.278 e. The van der Waals surface area contributed by atoms with Gasteiger partial charge in [-0.25, -0.2) is 5.48 Å². The van der Waals surface area contributed by atoms with Gasteiger partial charge in [0, 0.05) is 30.8 Å². The van der Waals surface area contributed by atoms with Crippen LogP contribution in [0.5, 0.6) is 0 Å². The molecule has 3 amide bonds. The zero-order valence-corrected chi connectivity index (χ0v) is 17.9. The van der Waals surface area contributed by atoms with Gasteiger partial charge in [0.1, 0.15) is 6.10 Å². The fraction of sp³-hybridized carbons (Fsp3) is 0.261. The van der Waals surface area contributed by atoms with Crippen molar-refractivity contribution >= 4 is 17.7 Å². The number of aliphatic hydroxyl groups excluding tert-OH is 2. The molecule has 0 radical (unpaired) electrons. The summed E-state index contributed by atoms with van der Waals surface area (Å²) in [6, 6.07) is 13.1. The number of nitrogens with one attached hydrogen (secondary N) is 2. The molecule has 5 N–H and O–H groups in total. The molecule has 2 unspecified atom stereocenters. The van der Waals surface area contributed by atoms with Crippen molar-refractivity contribution in [2.75, 3.05) is 20.7 Å². The molecule has 0 aliphatic rings. The Bertz CT molecular complexity index is 1020. The summed E-state index contributed by atoms with van der Waals surface area (Å²) in [5, 5.41) is 29.9. The first-order valence-electron chi connectivity index (χ1n) is 9.64. The van der Waals surface area contributed by atoms with E-state index in [9.17, 15) is 19.5 Å². The highest BCUT2D eigenvalue weighted by Crippen LogP contribution is 2.18. The molecule has 32 heavy (non-hydrogen) atoms. The first-order valence-corrected chi connectivity index (χ1v) is 9.64. The molecule has 9 heteroatoms. The van der Waals surface area contributed by atoms with Gasteiger partial charge in [0.05, 0.1) is 6.61 Å². The quantitative estimate of drug-likeness (QED) is 0.189. The average Bonchev–Trinajstić information content (AvgIpc) is 2.85. The number of carbonyl (C=O) groups excluding carboxylic acids is 3. The van der Waals surface area contributed by atoms with Crippen LogP contribution in [0.25, 0.3) is 0 Å². The topological polar surface area (TPSA) is 139 Å². The second kappa shape index (κ2) is 10.5. The van der Waals surface area contributed by atoms with Crippen LogP contribution in [0.1, 0.15) is 40.1 Å². The Hall–Kier alpha value is -3.71. The van der Waals surface area contributed by atoms with Crippen LogP contribution in [0.3, 0.4) is 0 Å². The molecule has 0 saturated heterocycles. The van der Waals surface area contributed by atoms with E-state index in [2.05, 4.69) is 17.2 Å². The van der Waals surface area contributed by atoms with Crippen molar-refractivity contribution in [2.45, 2.75) is 18.6 Å². The summed E-state index contributed by atoms with van der Waals surface area (Å²) in [5.74, 6) is 3.51. The van der Waals surface area contributed by atoms with Crippen LogP contribution in [-0.2, 0) is 9.59 Å². The maximum absolute atomic E-state index is 12.8. The Morgan fingerprint density at radius 2 is 1.50 bits per heavy atom. The van der Waals surface area contributed by atoms with Crippen molar-refractivity contribution in [3.8, 4) is 11.8 Å². The Morgan fingerprint density at radius 1 is 1.00 bits per heavy atom. The Balaban J connectivity index is 2.20. The summed E-state index contributed by atoms with van der Waals surface area (Å²) in [6.45, 7) is 0.859. The summed E-state index contributed by atoms with van der Waals surface area (Å²) in [5.41, 5.74) is 1.61. The lowest BCUT2D eigenvalue weighted by Gasteiger charge is -2.34. The molecule has 0 aliphatic carbocycles. The number of hydrogen-bond donors (Lipinski definition) is 5. The molecule has 0 spiro atoms. The highest BCUT2D eigenvalue weighted by Gasteiger charge is 2.47. The van der Waals surface area contributed by atoms with Crippen molar-refractivity contribution < 1.29 is 29.8 Å². The molecule has 2 aromatic rings. The first-order chi connectivity index (χ1) is 15.2. The summed E-state index contributed by atoms with van der Waals surface area (Å²) in [6.07, 6.45) is -0.936. The molecule has 2 aromatic carbocycles. The largest absolute Gasteiger partial charge is 0.393 e. The number of aliphatic hydroxyl groups is 2. The van der Waals surface area contributed by atoms with Crippen LogP contribution < -0.4 is 10.8 Å². The van der Waals surface area contributed by atoms with Gasteiger partial charge in [0.2, 0.25) is 0 Å². The maximum Gasteiger partial charge on any atom is 0.278 e. The summed E-state index contributed by atoms with van der Waals surface area (Å²) in [7, 11) is 2.61. The van der Waals surface area contributed by atoms with E-state index in [-0.39, 0.29) is 12.2 Å². The number of carbonyl (C=O) groups is 3. The normalized spacial score (nSPS) is 13.1. The fourth-order valence-electron chi connectivity index (χ4n) is 2.89. The number of nitrogens with zero attached hydrogens (tertiary/aromatic N) is 1. The molecule has 0 bridgehead atoms. The van der Waals surface area contributed by atoms with Gasteiger partial charge in [-0.15, -0.1) is 0 Å². The SMILES string of the molecule is CNC(=O)C(C)(C(=O)NO)N(C)C(=O)c1ccc(C#Cc2ccc(C(O)CO)cc2)cc1. The third-order valence-electron chi connectivity index (χ3n) is 5.14. The van der Waals surface area contributed by atoms with Crippen LogP contribution in [0.4, 0.5) is 0 Å². The van der Waals surface area contributed by atoms with E-state index in [1.165, 1.54) is 38.6 Å². The summed E-state index contributed by atoms with van der Waals surface area (Å²) >= 11 is 0. The van der Waals surface area contributed by atoms with E-state index >= 15 is 0 Å². The van der Waals surface area contributed by atoms with E-state index < -0.39 is 29.4 Å². The van der Waals surface area contributed by atoms with Gasteiger partial charge < -0.3 is 20.4 Å². The number of rotatable bonds is 6. The average molecular weight is 439 g/mol. The van der Waals surface area contributed by atoms with Crippen LogP contribution in [0.15, 0.2) is 48.5 Å². The Labute approximate surface area is 185 Å². The van der Waals surface area contributed by atoms with Crippen molar-refractivity contribution in [3.63, 3.8) is 0 Å². The van der Waals surface area contributed by atoms with Gasteiger partial charge in [-0.2, -0.15) is 0 Å². The van der Waals surface area contributed by atoms with Crippen LogP contribution in [0, 0.1) is 11.8 Å². The number of likely N-dealkylation sites (N-methyl/N-ethyl adjacent to an activating group) is 2. The number of hydrogen-bond acceptors (Lipinski definition) is 6. The molecule has 168 valence electrons. The monoisotopic (exact) mass is 439 g/mol. The predicted octanol–water partition coefficient (Wildman–Crippen LogP) is 0.194. The lowest BCUT2D eigenvalue weighted by atomic mass is 9.96. The standard InChI is InChI=1S/C23H25N3O6/c1-23(21(30)24-2,22(31)25-32)26(3)20(29)18-12-8-16(9-13-18)5-4-15-6-10-17(11-7-15)19(28)14-27/h6-13,19,27-28,32H,14H2,1-3H3,(H,24,30)(H,25,31). The minimum atomic E-state index is -1.96. The first kappa shape index (κ1) is 24.6. The Morgan fingerprint density at radius 3 is 1.94 bits per heavy atom. The number of benzene rings is 2. The molecule has 0 saturated carbocycles. The van der Waals surface area contributed by atoms with E-state index in [1.807, 2.05) is 0 Å². The molecule has 0 aliphatic heterocycles. The second-order valence-electron chi connectivity index (χ2n) is 7.10. The molecule has 0 aromatic heterocycles. The zero-order chi connectivity index (χ0) is 23.9.